The van der Waals surface area contributed by atoms with E-state index in [1.165, 1.54) is 0 Å². The normalized spacial score (nSPS) is 14.3. The maximum absolute atomic E-state index is 11.2. The Hall–Kier alpha value is -0.570. The summed E-state index contributed by atoms with van der Waals surface area (Å²) in [6.45, 7) is 6.09. The van der Waals surface area contributed by atoms with E-state index >= 15 is 0 Å². The van der Waals surface area contributed by atoms with Gasteiger partial charge in [-0.2, -0.15) is 0 Å². The van der Waals surface area contributed by atoms with Crippen molar-refractivity contribution in [2.75, 3.05) is 14.1 Å². The van der Waals surface area contributed by atoms with Gasteiger partial charge >= 0.3 is 0 Å². The zero-order valence-electron chi connectivity index (χ0n) is 7.99. The van der Waals surface area contributed by atoms with Crippen LogP contribution in [0, 0.1) is 5.41 Å². The lowest BCUT2D eigenvalue weighted by Crippen LogP contribution is -2.49. The van der Waals surface area contributed by atoms with Crippen LogP contribution in [0.5, 0.6) is 0 Å². The minimum atomic E-state index is -0.118. The maximum atomic E-state index is 11.2. The highest BCUT2D eigenvalue weighted by Crippen LogP contribution is 2.18. The number of hydrogen-bond acceptors (Lipinski definition) is 2. The van der Waals surface area contributed by atoms with Gasteiger partial charge in [0.05, 0.1) is 6.04 Å². The van der Waals surface area contributed by atoms with Crippen molar-refractivity contribution < 1.29 is 4.79 Å². The molecule has 0 spiro atoms. The molecule has 0 radical (unpaired) electrons. The molecule has 0 aromatic rings. The van der Waals surface area contributed by atoms with Gasteiger partial charge in [0.1, 0.15) is 0 Å². The number of hydrogen-bond donors (Lipinski definition) is 2. The summed E-state index contributed by atoms with van der Waals surface area (Å²) in [7, 11) is 3.45. The molecule has 0 aromatic carbocycles. The van der Waals surface area contributed by atoms with Gasteiger partial charge in [-0.3, -0.25) is 4.79 Å². The molecule has 11 heavy (non-hydrogen) atoms. The maximum Gasteiger partial charge on any atom is 0.237 e. The fourth-order valence-electron chi connectivity index (χ4n) is 1.10. The van der Waals surface area contributed by atoms with Gasteiger partial charge in [0.15, 0.2) is 0 Å². The molecule has 0 fully saturated rings. The van der Waals surface area contributed by atoms with Crippen molar-refractivity contribution >= 4 is 5.91 Å². The molecule has 0 aromatic heterocycles. The first-order chi connectivity index (χ1) is 4.93. The number of likely N-dealkylation sites (N-methyl/N-ethyl adjacent to an activating group) is 2. The SMILES string of the molecule is CNC(=O)[C@H](NC)C(C)(C)C. The lowest BCUT2D eigenvalue weighted by Gasteiger charge is -2.28. The molecule has 0 saturated carbocycles. The van der Waals surface area contributed by atoms with E-state index in [4.69, 9.17) is 0 Å². The van der Waals surface area contributed by atoms with E-state index in [0.29, 0.717) is 0 Å². The van der Waals surface area contributed by atoms with E-state index in [0.717, 1.165) is 0 Å². The lowest BCUT2D eigenvalue weighted by molar-refractivity contribution is -0.124. The van der Waals surface area contributed by atoms with Gasteiger partial charge in [-0.15, -0.1) is 0 Å². The van der Waals surface area contributed by atoms with Crippen LogP contribution in [0.15, 0.2) is 0 Å². The fraction of sp³-hybridized carbons (Fsp3) is 0.875. The minimum absolute atomic E-state index is 0.0329. The quantitative estimate of drug-likeness (QED) is 0.609. The summed E-state index contributed by atoms with van der Waals surface area (Å²) in [5.41, 5.74) is -0.0329. The van der Waals surface area contributed by atoms with Gasteiger partial charge in [-0.1, -0.05) is 20.8 Å². The number of amides is 1. The standard InChI is InChI=1S/C8H18N2O/c1-8(2,3)6(9-4)7(11)10-5/h6,9H,1-5H3,(H,10,11)/t6-/m0/s1. The molecule has 3 heteroatoms. The Balaban J connectivity index is 4.29. The number of carbonyl (C=O) groups excluding carboxylic acids is 1. The van der Waals surface area contributed by atoms with Crippen molar-refractivity contribution in [2.24, 2.45) is 5.41 Å². The monoisotopic (exact) mass is 158 g/mol. The van der Waals surface area contributed by atoms with Crippen LogP contribution in [-0.2, 0) is 4.79 Å². The molecule has 0 heterocycles. The van der Waals surface area contributed by atoms with Crippen LogP contribution in [0.4, 0.5) is 0 Å². The summed E-state index contributed by atoms with van der Waals surface area (Å²) < 4.78 is 0. The topological polar surface area (TPSA) is 41.1 Å². The minimum Gasteiger partial charge on any atom is -0.358 e. The van der Waals surface area contributed by atoms with Crippen molar-refractivity contribution in [1.82, 2.24) is 10.6 Å². The smallest absolute Gasteiger partial charge is 0.237 e. The highest BCUT2D eigenvalue weighted by atomic mass is 16.2. The molecule has 0 unspecified atom stereocenters. The van der Waals surface area contributed by atoms with Crippen LogP contribution in [0.2, 0.25) is 0 Å². The van der Waals surface area contributed by atoms with Crippen LogP contribution < -0.4 is 10.6 Å². The highest BCUT2D eigenvalue weighted by molar-refractivity contribution is 5.82. The van der Waals surface area contributed by atoms with Gasteiger partial charge in [0.2, 0.25) is 5.91 Å². The fourth-order valence-corrected chi connectivity index (χ4v) is 1.10. The zero-order valence-corrected chi connectivity index (χ0v) is 7.99. The van der Waals surface area contributed by atoms with Gasteiger partial charge in [-0.25, -0.2) is 0 Å². The molecule has 2 N–H and O–H groups in total. The molecule has 0 aliphatic rings. The third-order valence-electron chi connectivity index (χ3n) is 1.66. The Morgan fingerprint density at radius 3 is 1.82 bits per heavy atom. The number of rotatable bonds is 2. The van der Waals surface area contributed by atoms with Crippen molar-refractivity contribution in [3.8, 4) is 0 Å². The first-order valence-electron chi connectivity index (χ1n) is 3.82. The summed E-state index contributed by atoms with van der Waals surface area (Å²) in [4.78, 5) is 11.2. The van der Waals surface area contributed by atoms with Crippen molar-refractivity contribution in [1.29, 1.82) is 0 Å². The van der Waals surface area contributed by atoms with Crippen molar-refractivity contribution in [3.05, 3.63) is 0 Å². The number of nitrogens with one attached hydrogen (secondary N) is 2. The molecule has 3 nitrogen and oxygen atoms in total. The summed E-state index contributed by atoms with van der Waals surface area (Å²) in [5.74, 6) is 0.0417. The molecular formula is C8H18N2O. The third-order valence-corrected chi connectivity index (χ3v) is 1.66. The Morgan fingerprint density at radius 2 is 1.73 bits per heavy atom. The van der Waals surface area contributed by atoms with Crippen LogP contribution in [0.25, 0.3) is 0 Å². The van der Waals surface area contributed by atoms with Gasteiger partial charge in [-0.05, 0) is 12.5 Å². The molecule has 0 rings (SSSR count). The van der Waals surface area contributed by atoms with E-state index in [1.54, 1.807) is 14.1 Å². The van der Waals surface area contributed by atoms with E-state index in [-0.39, 0.29) is 17.4 Å². The van der Waals surface area contributed by atoms with Gasteiger partial charge in [0.25, 0.3) is 0 Å². The first kappa shape index (κ1) is 10.4. The van der Waals surface area contributed by atoms with E-state index < -0.39 is 0 Å². The van der Waals surface area contributed by atoms with Crippen LogP contribution in [-0.4, -0.2) is 26.0 Å². The van der Waals surface area contributed by atoms with E-state index in [1.807, 2.05) is 20.8 Å². The average molecular weight is 158 g/mol. The highest BCUT2D eigenvalue weighted by Gasteiger charge is 2.28. The molecular weight excluding hydrogens is 140 g/mol. The Kier molecular flexibility index (Phi) is 3.52. The van der Waals surface area contributed by atoms with Crippen LogP contribution in [0.1, 0.15) is 20.8 Å². The van der Waals surface area contributed by atoms with E-state index in [9.17, 15) is 4.79 Å². The zero-order chi connectivity index (χ0) is 9.07. The molecule has 0 bridgehead atoms. The molecule has 66 valence electrons. The third kappa shape index (κ3) is 2.89. The van der Waals surface area contributed by atoms with E-state index in [2.05, 4.69) is 10.6 Å². The molecule has 0 saturated heterocycles. The van der Waals surface area contributed by atoms with Gasteiger partial charge < -0.3 is 10.6 Å². The molecule has 1 atom stereocenters. The molecule has 0 aliphatic carbocycles. The summed E-state index contributed by atoms with van der Waals surface area (Å²) in [6.07, 6.45) is 0. The second kappa shape index (κ2) is 3.72. The van der Waals surface area contributed by atoms with Crippen molar-refractivity contribution in [3.63, 3.8) is 0 Å². The number of carbonyl (C=O) groups is 1. The predicted molar refractivity (Wildman–Crippen MR) is 46.4 cm³/mol. The first-order valence-corrected chi connectivity index (χ1v) is 3.82. The van der Waals surface area contributed by atoms with Crippen LogP contribution >= 0.6 is 0 Å². The molecule has 1 amide bonds. The second-order valence-corrected chi connectivity index (χ2v) is 3.70. The second-order valence-electron chi connectivity index (χ2n) is 3.70. The van der Waals surface area contributed by atoms with Crippen LogP contribution in [0.3, 0.4) is 0 Å². The summed E-state index contributed by atoms with van der Waals surface area (Å²) >= 11 is 0. The van der Waals surface area contributed by atoms with Crippen molar-refractivity contribution in [2.45, 2.75) is 26.8 Å². The Bertz CT molecular complexity index is 138. The summed E-state index contributed by atoms with van der Waals surface area (Å²) in [6, 6.07) is -0.118. The predicted octanol–water partition coefficient (Wildman–Crippen LogP) is 0.366. The Labute approximate surface area is 68.6 Å². The Morgan fingerprint density at radius 1 is 1.27 bits per heavy atom. The largest absolute Gasteiger partial charge is 0.358 e. The summed E-state index contributed by atoms with van der Waals surface area (Å²) in [5, 5.41) is 5.60. The lowest BCUT2D eigenvalue weighted by atomic mass is 9.86. The molecule has 0 aliphatic heterocycles. The van der Waals surface area contributed by atoms with Gasteiger partial charge in [0, 0.05) is 7.05 Å². The average Bonchev–Trinajstić information content (AvgIpc) is 1.86.